The molecule has 0 radical (unpaired) electrons. The second-order valence-corrected chi connectivity index (χ2v) is 10.7. The molecular weight excluding hydrogens is 590 g/mol. The van der Waals surface area contributed by atoms with E-state index in [0.717, 1.165) is 18.0 Å². The Hall–Kier alpha value is -3.66. The van der Waals surface area contributed by atoms with Gasteiger partial charge < -0.3 is 40.8 Å². The van der Waals surface area contributed by atoms with Crippen LogP contribution in [0.3, 0.4) is 0 Å². The summed E-state index contributed by atoms with van der Waals surface area (Å²) in [6, 6.07) is 0. The van der Waals surface area contributed by atoms with Gasteiger partial charge in [-0.2, -0.15) is 4.98 Å². The summed E-state index contributed by atoms with van der Waals surface area (Å²) in [6.07, 6.45) is -9.16. The number of aliphatic hydroxyl groups excluding tert-OH is 2. The molecule has 2 fully saturated rings. The molecule has 0 saturated carbocycles. The van der Waals surface area contributed by atoms with Gasteiger partial charge in [0, 0.05) is 7.11 Å². The number of aromatic amines is 1. The first-order chi connectivity index (χ1) is 20.0. The van der Waals surface area contributed by atoms with Gasteiger partial charge in [0.25, 0.3) is 5.56 Å². The predicted molar refractivity (Wildman–Crippen MR) is 135 cm³/mol. The lowest BCUT2D eigenvalue weighted by Gasteiger charge is -2.24. The fourth-order valence-corrected chi connectivity index (χ4v) is 5.68. The van der Waals surface area contributed by atoms with Crippen molar-refractivity contribution >= 4 is 41.9 Å². The first kappa shape index (κ1) is 28.5. The van der Waals surface area contributed by atoms with Gasteiger partial charge in [0.15, 0.2) is 53.7 Å². The summed E-state index contributed by atoms with van der Waals surface area (Å²) in [5.41, 5.74) is 10.9. The van der Waals surface area contributed by atoms with Crippen LogP contribution in [0.2, 0.25) is 0 Å². The molecule has 20 nitrogen and oxygen atoms in total. The minimum atomic E-state index is -5.11. The number of fused-ring (bicyclic) bond motifs is 2. The average Bonchev–Trinajstić information content (AvgIpc) is 3.69. The van der Waals surface area contributed by atoms with E-state index >= 15 is 4.39 Å². The van der Waals surface area contributed by atoms with E-state index in [1.807, 2.05) is 0 Å². The van der Waals surface area contributed by atoms with Gasteiger partial charge in [-0.3, -0.25) is 28.0 Å². The van der Waals surface area contributed by atoms with Gasteiger partial charge in [0.1, 0.15) is 30.2 Å². The average molecular weight is 614 g/mol. The van der Waals surface area contributed by atoms with Gasteiger partial charge in [0.05, 0.1) is 19.3 Å². The van der Waals surface area contributed by atoms with E-state index < -0.39 is 69.3 Å². The summed E-state index contributed by atoms with van der Waals surface area (Å²) in [5, 5.41) is 21.1. The van der Waals surface area contributed by atoms with Crippen molar-refractivity contribution in [3.05, 3.63) is 29.3 Å². The van der Waals surface area contributed by atoms with E-state index in [4.69, 9.17) is 34.7 Å². The third kappa shape index (κ3) is 4.79. The lowest BCUT2D eigenvalue weighted by Crippen LogP contribution is -2.34. The van der Waals surface area contributed by atoms with Gasteiger partial charge in [-0.25, -0.2) is 28.9 Å². The standard InChI is InChI=1S/C20H24FN10O10P/c1-37-19-7(21)12(18(40-19)31-5-27-9-15(31)28-20(23)29-16(9)34)41-42(35,36)38-2-6-10(32)11(33)17(39-6)30-4-26-8-13(22)24-3-25-14(8)30/h3-7,10-12,17-19,32-33H,2H2,1H3,(H,35,36)(H2,22,24,25)(H3,23,28,29,34)/t6-,7?,10?,11?,12?,17-,18-,19+/m1/s1. The summed E-state index contributed by atoms with van der Waals surface area (Å²) in [5.74, 6) is -0.188. The Morgan fingerprint density at radius 2 is 1.79 bits per heavy atom. The molecule has 2 aliphatic heterocycles. The van der Waals surface area contributed by atoms with Crippen LogP contribution in [0.15, 0.2) is 23.8 Å². The number of nitrogens with zero attached hydrogens (tertiary/aromatic N) is 7. The Morgan fingerprint density at radius 1 is 1.07 bits per heavy atom. The van der Waals surface area contributed by atoms with Crippen LogP contribution in [0.25, 0.3) is 22.3 Å². The smallest absolute Gasteiger partial charge is 0.387 e. The number of aromatic nitrogens is 8. The second-order valence-electron chi connectivity index (χ2n) is 9.31. The Bertz CT molecular complexity index is 1730. The first-order valence-corrected chi connectivity index (χ1v) is 13.6. The Morgan fingerprint density at radius 3 is 2.52 bits per heavy atom. The van der Waals surface area contributed by atoms with Crippen LogP contribution in [-0.4, -0.2) is 105 Å². The fraction of sp³-hybridized carbons (Fsp3) is 0.500. The third-order valence-electron chi connectivity index (χ3n) is 6.74. The molecule has 0 spiro atoms. The largest absolute Gasteiger partial charge is 0.472 e. The highest BCUT2D eigenvalue weighted by Crippen LogP contribution is 2.50. The van der Waals surface area contributed by atoms with Crippen molar-refractivity contribution < 1.29 is 47.3 Å². The predicted octanol–water partition coefficient (Wildman–Crippen LogP) is -1.92. The van der Waals surface area contributed by atoms with Crippen LogP contribution in [0.1, 0.15) is 12.5 Å². The van der Waals surface area contributed by atoms with E-state index in [-0.39, 0.29) is 34.1 Å². The molecule has 42 heavy (non-hydrogen) atoms. The number of ether oxygens (including phenoxy) is 3. The Labute approximate surface area is 232 Å². The van der Waals surface area contributed by atoms with Crippen molar-refractivity contribution in [3.63, 3.8) is 0 Å². The Kier molecular flexibility index (Phi) is 7.15. The number of nitrogens with two attached hydrogens (primary N) is 2. The highest BCUT2D eigenvalue weighted by molar-refractivity contribution is 7.47. The number of alkyl halides is 1. The maximum absolute atomic E-state index is 15.3. The fourth-order valence-electron chi connectivity index (χ4n) is 4.76. The number of methoxy groups -OCH3 is 1. The highest BCUT2D eigenvalue weighted by atomic mass is 31.2. The summed E-state index contributed by atoms with van der Waals surface area (Å²) < 4.78 is 56.9. The van der Waals surface area contributed by atoms with Crippen molar-refractivity contribution in [2.75, 3.05) is 25.2 Å². The Balaban J connectivity index is 1.19. The molecule has 0 aromatic carbocycles. The molecule has 9 atom stereocenters. The van der Waals surface area contributed by atoms with E-state index in [1.165, 1.54) is 17.2 Å². The molecule has 8 N–H and O–H groups in total. The number of aliphatic hydroxyl groups is 2. The maximum Gasteiger partial charge on any atom is 0.472 e. The molecule has 4 aromatic heterocycles. The van der Waals surface area contributed by atoms with Crippen LogP contribution >= 0.6 is 7.82 Å². The molecule has 226 valence electrons. The molecule has 2 saturated heterocycles. The zero-order chi connectivity index (χ0) is 29.9. The van der Waals surface area contributed by atoms with Crippen molar-refractivity contribution in [1.82, 2.24) is 39.0 Å². The summed E-state index contributed by atoms with van der Waals surface area (Å²) >= 11 is 0. The molecule has 0 amide bonds. The minimum absolute atomic E-state index is 0.0795. The van der Waals surface area contributed by atoms with Gasteiger partial charge >= 0.3 is 7.82 Å². The van der Waals surface area contributed by atoms with Gasteiger partial charge in [-0.15, -0.1) is 0 Å². The quantitative estimate of drug-likeness (QED) is 0.118. The number of imidazole rings is 2. The summed E-state index contributed by atoms with van der Waals surface area (Å²) in [6.45, 7) is -0.767. The van der Waals surface area contributed by atoms with E-state index in [0.29, 0.717) is 0 Å². The van der Waals surface area contributed by atoms with Crippen LogP contribution < -0.4 is 17.0 Å². The number of hydrogen-bond acceptors (Lipinski definition) is 16. The molecule has 6 rings (SSSR count). The lowest BCUT2D eigenvalue weighted by atomic mass is 10.1. The minimum Gasteiger partial charge on any atom is -0.387 e. The number of nitrogens with one attached hydrogen (secondary N) is 1. The van der Waals surface area contributed by atoms with Gasteiger partial charge in [-0.05, 0) is 0 Å². The van der Waals surface area contributed by atoms with Crippen molar-refractivity contribution in [2.24, 2.45) is 0 Å². The monoisotopic (exact) mass is 614 g/mol. The van der Waals surface area contributed by atoms with E-state index in [9.17, 15) is 24.5 Å². The van der Waals surface area contributed by atoms with Gasteiger partial charge in [0.2, 0.25) is 5.95 Å². The number of phosphoric ester groups is 1. The molecule has 0 aliphatic carbocycles. The third-order valence-corrected chi connectivity index (χ3v) is 7.73. The topological polar surface area (TPSA) is 283 Å². The first-order valence-electron chi connectivity index (χ1n) is 12.1. The van der Waals surface area contributed by atoms with Crippen molar-refractivity contribution in [3.8, 4) is 0 Å². The van der Waals surface area contributed by atoms with Crippen LogP contribution in [0.5, 0.6) is 0 Å². The van der Waals surface area contributed by atoms with E-state index in [1.54, 1.807) is 0 Å². The second kappa shape index (κ2) is 10.6. The number of H-pyrrole nitrogens is 1. The van der Waals surface area contributed by atoms with Crippen molar-refractivity contribution in [2.45, 2.75) is 49.3 Å². The SMILES string of the molecule is CO[C@H]1O[C@@H](n2cnc3c(=O)[nH]c(N)nc32)C(OP(=O)(O)OC[C@H]2O[C@@H](n3cnc4c(N)ncnc43)C(O)C2O)C1F. The molecule has 4 aromatic rings. The van der Waals surface area contributed by atoms with E-state index in [2.05, 4.69) is 29.9 Å². The zero-order valence-electron chi connectivity index (χ0n) is 21.4. The molecule has 5 unspecified atom stereocenters. The summed E-state index contributed by atoms with van der Waals surface area (Å²) in [7, 11) is -3.97. The summed E-state index contributed by atoms with van der Waals surface area (Å²) in [4.78, 5) is 44.8. The maximum atomic E-state index is 15.3. The zero-order valence-corrected chi connectivity index (χ0v) is 22.3. The normalized spacial score (nSPS) is 31.3. The van der Waals surface area contributed by atoms with Crippen molar-refractivity contribution in [1.29, 1.82) is 0 Å². The molecule has 6 heterocycles. The number of phosphoric acid groups is 1. The number of halogens is 1. The molecule has 2 aliphatic rings. The number of hydrogen-bond donors (Lipinski definition) is 6. The number of rotatable bonds is 8. The molecule has 22 heteroatoms. The van der Waals surface area contributed by atoms with Crippen LogP contribution in [0, 0.1) is 0 Å². The van der Waals surface area contributed by atoms with Gasteiger partial charge in [-0.1, -0.05) is 0 Å². The van der Waals surface area contributed by atoms with Crippen LogP contribution in [-0.2, 0) is 27.8 Å². The van der Waals surface area contributed by atoms with Crippen LogP contribution in [0.4, 0.5) is 16.2 Å². The number of nitrogen functional groups attached to an aromatic ring is 2. The molecular formula is C20H24FN10O10P. The molecule has 0 bridgehead atoms. The highest BCUT2D eigenvalue weighted by Gasteiger charge is 2.52. The lowest BCUT2D eigenvalue weighted by molar-refractivity contribution is -0.150. The number of anilines is 2.